The van der Waals surface area contributed by atoms with Crippen LogP contribution in [0.4, 0.5) is 0 Å². The number of β-amino-alcohol motifs (C(OH)–C–C–N with tert-alkyl or cyclic N) is 1. The van der Waals surface area contributed by atoms with Crippen molar-refractivity contribution in [1.29, 1.82) is 0 Å². The fraction of sp³-hybridized carbons (Fsp3) is 0.882. The van der Waals surface area contributed by atoms with Crippen LogP contribution in [0.15, 0.2) is 0 Å². The molecule has 6 heteroatoms. The first-order valence-corrected chi connectivity index (χ1v) is 8.51. The van der Waals surface area contributed by atoms with Crippen molar-refractivity contribution in [1.82, 2.24) is 9.80 Å². The van der Waals surface area contributed by atoms with Crippen molar-refractivity contribution < 1.29 is 19.4 Å². The highest BCUT2D eigenvalue weighted by Crippen LogP contribution is 2.35. The molecule has 2 saturated heterocycles. The second kappa shape index (κ2) is 7.18. The Morgan fingerprint density at radius 2 is 2.00 bits per heavy atom. The first-order valence-electron chi connectivity index (χ1n) is 8.51. The van der Waals surface area contributed by atoms with Gasteiger partial charge in [0.25, 0.3) is 0 Å². The Morgan fingerprint density at radius 3 is 2.57 bits per heavy atom. The summed E-state index contributed by atoms with van der Waals surface area (Å²) in [5, 5.41) is 10.5. The minimum Gasteiger partial charge on any atom is -0.469 e. The summed E-state index contributed by atoms with van der Waals surface area (Å²) in [6.45, 7) is 8.98. The third-order valence-electron chi connectivity index (χ3n) is 5.25. The van der Waals surface area contributed by atoms with E-state index >= 15 is 0 Å². The van der Waals surface area contributed by atoms with Crippen LogP contribution in [0.2, 0.25) is 0 Å². The second-order valence-electron chi connectivity index (χ2n) is 7.78. The van der Waals surface area contributed by atoms with Gasteiger partial charge in [0, 0.05) is 19.6 Å². The number of hydrogen-bond acceptors (Lipinski definition) is 5. The highest BCUT2D eigenvalue weighted by molar-refractivity contribution is 5.84. The molecule has 132 valence electrons. The van der Waals surface area contributed by atoms with Gasteiger partial charge in [0.2, 0.25) is 5.91 Å². The number of aliphatic hydroxyl groups excluding tert-OH is 1. The number of esters is 1. The van der Waals surface area contributed by atoms with E-state index < -0.39 is 0 Å². The number of methoxy groups -OCH3 is 1. The van der Waals surface area contributed by atoms with Gasteiger partial charge in [-0.3, -0.25) is 14.5 Å². The molecule has 2 fully saturated rings. The summed E-state index contributed by atoms with van der Waals surface area (Å²) in [5.74, 6) is 0.0589. The molecular weight excluding hydrogens is 296 g/mol. The van der Waals surface area contributed by atoms with Gasteiger partial charge in [-0.1, -0.05) is 20.8 Å². The normalized spacial score (nSPS) is 29.9. The van der Waals surface area contributed by atoms with Crippen LogP contribution in [0.5, 0.6) is 0 Å². The van der Waals surface area contributed by atoms with Gasteiger partial charge in [-0.05, 0) is 30.7 Å². The first kappa shape index (κ1) is 18.2. The van der Waals surface area contributed by atoms with Crippen LogP contribution in [0, 0.1) is 11.3 Å². The van der Waals surface area contributed by atoms with Crippen LogP contribution in [0.1, 0.15) is 40.0 Å². The molecule has 2 aliphatic rings. The Hall–Kier alpha value is -1.14. The maximum Gasteiger partial charge on any atom is 0.307 e. The van der Waals surface area contributed by atoms with E-state index in [-0.39, 0.29) is 41.8 Å². The summed E-state index contributed by atoms with van der Waals surface area (Å²) in [7, 11) is 1.36. The van der Waals surface area contributed by atoms with Crippen molar-refractivity contribution in [3.8, 4) is 0 Å². The highest BCUT2D eigenvalue weighted by Gasteiger charge is 2.42. The number of aliphatic hydroxyl groups is 1. The molecule has 1 N–H and O–H groups in total. The fourth-order valence-corrected chi connectivity index (χ4v) is 3.86. The molecule has 0 aromatic carbocycles. The number of hydrogen-bond donors (Lipinski definition) is 1. The van der Waals surface area contributed by atoms with Gasteiger partial charge in [0.05, 0.1) is 25.7 Å². The number of rotatable bonds is 4. The van der Waals surface area contributed by atoms with E-state index in [0.717, 1.165) is 19.4 Å². The molecule has 2 heterocycles. The summed E-state index contributed by atoms with van der Waals surface area (Å²) in [5.41, 5.74) is 0.0811. The van der Waals surface area contributed by atoms with Crippen LogP contribution < -0.4 is 0 Å². The van der Waals surface area contributed by atoms with Gasteiger partial charge in [-0.15, -0.1) is 0 Å². The lowest BCUT2D eigenvalue weighted by Crippen LogP contribution is -2.53. The Balaban J connectivity index is 1.89. The molecule has 0 bridgehead atoms. The third kappa shape index (κ3) is 4.23. The summed E-state index contributed by atoms with van der Waals surface area (Å²) in [6, 6.07) is -0.150. The number of likely N-dealkylation sites (tertiary alicyclic amines) is 2. The lowest BCUT2D eigenvalue weighted by atomic mass is 9.73. The Kier molecular flexibility index (Phi) is 5.68. The molecule has 6 nitrogen and oxygen atoms in total. The molecule has 1 amide bonds. The minimum absolute atomic E-state index is 0.0790. The molecule has 3 unspecified atom stereocenters. The molecule has 0 spiro atoms. The molecule has 2 rings (SSSR count). The molecule has 0 radical (unpaired) electrons. The lowest BCUT2D eigenvalue weighted by molar-refractivity contribution is -0.141. The molecule has 0 aromatic heterocycles. The molecule has 0 aromatic rings. The predicted molar refractivity (Wildman–Crippen MR) is 86.8 cm³/mol. The van der Waals surface area contributed by atoms with Crippen molar-refractivity contribution in [2.24, 2.45) is 11.3 Å². The quantitative estimate of drug-likeness (QED) is 0.777. The molecule has 0 saturated carbocycles. The molecule has 2 aliphatic heterocycles. The van der Waals surface area contributed by atoms with Gasteiger partial charge in [0.1, 0.15) is 0 Å². The summed E-state index contributed by atoms with van der Waals surface area (Å²) in [6.07, 6.45) is 1.54. The first-order chi connectivity index (χ1) is 10.7. The number of carbonyl (C=O) groups excluding carboxylic acids is 2. The molecule has 0 aliphatic carbocycles. The SMILES string of the molecule is COC(=O)CCN1CCC(N2CCC(C(C)(C)C)C(O)C2)C1=O. The average Bonchev–Trinajstić information content (AvgIpc) is 2.84. The monoisotopic (exact) mass is 326 g/mol. The van der Waals surface area contributed by atoms with E-state index in [9.17, 15) is 14.7 Å². The zero-order valence-corrected chi connectivity index (χ0v) is 14.7. The highest BCUT2D eigenvalue weighted by atomic mass is 16.5. The largest absolute Gasteiger partial charge is 0.469 e. The van der Waals surface area contributed by atoms with Crippen LogP contribution in [-0.4, -0.2) is 72.2 Å². The van der Waals surface area contributed by atoms with Gasteiger partial charge < -0.3 is 14.7 Å². The number of carbonyl (C=O) groups is 2. The van der Waals surface area contributed by atoms with E-state index in [4.69, 9.17) is 0 Å². The van der Waals surface area contributed by atoms with Crippen molar-refractivity contribution in [2.75, 3.05) is 33.3 Å². The fourth-order valence-electron chi connectivity index (χ4n) is 3.86. The Bertz CT molecular complexity index is 446. The van der Waals surface area contributed by atoms with Crippen molar-refractivity contribution in [3.63, 3.8) is 0 Å². The van der Waals surface area contributed by atoms with Gasteiger partial charge >= 0.3 is 5.97 Å². The maximum absolute atomic E-state index is 12.5. The number of piperidine rings is 1. The van der Waals surface area contributed by atoms with Crippen molar-refractivity contribution in [3.05, 3.63) is 0 Å². The Labute approximate surface area is 138 Å². The van der Waals surface area contributed by atoms with E-state index in [1.807, 2.05) is 0 Å². The Morgan fingerprint density at radius 1 is 1.30 bits per heavy atom. The second-order valence-corrected chi connectivity index (χ2v) is 7.78. The zero-order valence-electron chi connectivity index (χ0n) is 14.7. The van der Waals surface area contributed by atoms with Crippen LogP contribution in [0.3, 0.4) is 0 Å². The van der Waals surface area contributed by atoms with Crippen molar-refractivity contribution in [2.45, 2.75) is 52.2 Å². The van der Waals surface area contributed by atoms with Crippen LogP contribution in [0.25, 0.3) is 0 Å². The molecule has 3 atom stereocenters. The van der Waals surface area contributed by atoms with Crippen LogP contribution in [-0.2, 0) is 14.3 Å². The minimum atomic E-state index is -0.388. The molecular formula is C17H30N2O4. The third-order valence-corrected chi connectivity index (χ3v) is 5.25. The smallest absolute Gasteiger partial charge is 0.307 e. The van der Waals surface area contributed by atoms with Gasteiger partial charge in [0.15, 0.2) is 0 Å². The summed E-state index contributed by atoms with van der Waals surface area (Å²) < 4.78 is 4.63. The summed E-state index contributed by atoms with van der Waals surface area (Å²) in [4.78, 5) is 27.6. The maximum atomic E-state index is 12.5. The topological polar surface area (TPSA) is 70.1 Å². The zero-order chi connectivity index (χ0) is 17.2. The van der Waals surface area contributed by atoms with Gasteiger partial charge in [-0.2, -0.15) is 0 Å². The van der Waals surface area contributed by atoms with Gasteiger partial charge in [-0.25, -0.2) is 0 Å². The average molecular weight is 326 g/mol. The predicted octanol–water partition coefficient (Wildman–Crippen LogP) is 0.879. The number of ether oxygens (including phenoxy) is 1. The van der Waals surface area contributed by atoms with E-state index in [2.05, 4.69) is 30.4 Å². The number of amides is 1. The lowest BCUT2D eigenvalue weighted by Gasteiger charge is -2.43. The van der Waals surface area contributed by atoms with Crippen LogP contribution >= 0.6 is 0 Å². The van der Waals surface area contributed by atoms with E-state index in [0.29, 0.717) is 19.6 Å². The van der Waals surface area contributed by atoms with Crippen molar-refractivity contribution >= 4 is 11.9 Å². The number of nitrogens with zero attached hydrogens (tertiary/aromatic N) is 2. The van der Waals surface area contributed by atoms with E-state index in [1.165, 1.54) is 7.11 Å². The standard InChI is InChI=1S/C17H30N2O4/c1-17(2,3)12-5-8-19(11-14(12)20)13-6-9-18(16(13)22)10-7-15(21)23-4/h12-14,20H,5-11H2,1-4H3. The summed E-state index contributed by atoms with van der Waals surface area (Å²) >= 11 is 0. The van der Waals surface area contributed by atoms with E-state index in [1.54, 1.807) is 4.90 Å². The molecule has 23 heavy (non-hydrogen) atoms.